The molecule has 1 fully saturated rings. The molecule has 156 valence electrons. The van der Waals surface area contributed by atoms with Crippen molar-refractivity contribution in [2.24, 2.45) is 4.99 Å². The number of nitrogens with zero attached hydrogens (tertiary/aromatic N) is 4. The summed E-state index contributed by atoms with van der Waals surface area (Å²) in [5.74, 6) is 0.292. The minimum Gasteiger partial charge on any atom is -0.367 e. The minimum absolute atomic E-state index is 0.0378. The number of halogens is 1. The van der Waals surface area contributed by atoms with Gasteiger partial charge < -0.3 is 25.3 Å². The van der Waals surface area contributed by atoms with Crippen molar-refractivity contribution >= 4 is 17.6 Å². The van der Waals surface area contributed by atoms with Gasteiger partial charge in [-0.25, -0.2) is 9.38 Å². The molecule has 0 saturated carbocycles. The zero-order valence-electron chi connectivity index (χ0n) is 17.5. The van der Waals surface area contributed by atoms with E-state index in [9.17, 15) is 9.18 Å². The van der Waals surface area contributed by atoms with Crippen LogP contribution in [0, 0.1) is 5.82 Å². The molecule has 1 aromatic rings. The molecule has 0 atom stereocenters. The number of hydrogen-bond donors (Lipinski definition) is 2. The summed E-state index contributed by atoms with van der Waals surface area (Å²) in [4.78, 5) is 22.2. The summed E-state index contributed by atoms with van der Waals surface area (Å²) in [6.45, 7) is 9.94. The van der Waals surface area contributed by atoms with Crippen LogP contribution in [0.3, 0.4) is 0 Å². The number of rotatable bonds is 7. The average Bonchev–Trinajstić information content (AvgIpc) is 2.70. The third kappa shape index (κ3) is 6.37. The lowest BCUT2D eigenvalue weighted by Crippen LogP contribution is -2.46. The zero-order chi connectivity index (χ0) is 20.5. The van der Waals surface area contributed by atoms with E-state index in [0.29, 0.717) is 24.7 Å². The molecule has 2 rings (SSSR count). The number of amides is 1. The van der Waals surface area contributed by atoms with Crippen LogP contribution in [0.1, 0.15) is 19.4 Å². The van der Waals surface area contributed by atoms with Crippen molar-refractivity contribution in [3.05, 3.63) is 29.6 Å². The molecule has 7 nitrogen and oxygen atoms in total. The van der Waals surface area contributed by atoms with Crippen molar-refractivity contribution in [2.45, 2.75) is 20.4 Å². The molecule has 0 aromatic heterocycles. The molecule has 8 heteroatoms. The van der Waals surface area contributed by atoms with Gasteiger partial charge in [-0.3, -0.25) is 4.79 Å². The number of nitrogens with one attached hydrogen (secondary N) is 2. The van der Waals surface area contributed by atoms with E-state index in [-0.39, 0.29) is 18.3 Å². The van der Waals surface area contributed by atoms with E-state index in [4.69, 9.17) is 0 Å². The molecule has 28 heavy (non-hydrogen) atoms. The number of carbonyl (C=O) groups is 1. The van der Waals surface area contributed by atoms with E-state index in [0.717, 1.165) is 38.3 Å². The maximum absolute atomic E-state index is 14.6. The highest BCUT2D eigenvalue weighted by molar-refractivity contribution is 5.86. The Bertz CT molecular complexity index is 671. The van der Waals surface area contributed by atoms with Gasteiger partial charge in [-0.05, 0) is 31.2 Å². The molecule has 1 amide bonds. The Labute approximate surface area is 167 Å². The van der Waals surface area contributed by atoms with Gasteiger partial charge in [0, 0.05) is 46.8 Å². The van der Waals surface area contributed by atoms with Gasteiger partial charge in [0.05, 0.1) is 18.8 Å². The molecule has 0 unspecified atom stereocenters. The fourth-order valence-corrected chi connectivity index (χ4v) is 3.04. The van der Waals surface area contributed by atoms with Crippen molar-refractivity contribution in [3.63, 3.8) is 0 Å². The van der Waals surface area contributed by atoms with Crippen LogP contribution < -0.4 is 15.5 Å². The van der Waals surface area contributed by atoms with Gasteiger partial charge in [0.2, 0.25) is 5.91 Å². The largest absolute Gasteiger partial charge is 0.367 e. The molecular weight excluding hydrogens is 359 g/mol. The van der Waals surface area contributed by atoms with Crippen LogP contribution in [0.2, 0.25) is 0 Å². The quantitative estimate of drug-likeness (QED) is 0.538. The Morgan fingerprint density at radius 1 is 1.18 bits per heavy atom. The molecule has 1 aliphatic heterocycles. The van der Waals surface area contributed by atoms with E-state index in [2.05, 4.69) is 32.3 Å². The van der Waals surface area contributed by atoms with Crippen molar-refractivity contribution in [2.75, 3.05) is 64.8 Å². The van der Waals surface area contributed by atoms with E-state index >= 15 is 0 Å². The van der Waals surface area contributed by atoms with Crippen LogP contribution in [0.25, 0.3) is 0 Å². The van der Waals surface area contributed by atoms with Crippen LogP contribution >= 0.6 is 0 Å². The molecule has 1 aliphatic rings. The molecule has 1 aromatic carbocycles. The lowest BCUT2D eigenvalue weighted by Gasteiger charge is -2.35. The monoisotopic (exact) mass is 392 g/mol. The Morgan fingerprint density at radius 2 is 1.89 bits per heavy atom. The number of likely N-dealkylation sites (N-methyl/N-ethyl adjacent to an activating group) is 2. The van der Waals surface area contributed by atoms with Gasteiger partial charge in [0.25, 0.3) is 0 Å². The van der Waals surface area contributed by atoms with Gasteiger partial charge >= 0.3 is 0 Å². The first kappa shape index (κ1) is 21.9. The summed E-state index contributed by atoms with van der Waals surface area (Å²) in [5.41, 5.74) is 1.45. The van der Waals surface area contributed by atoms with E-state index in [1.807, 2.05) is 19.1 Å². The first-order chi connectivity index (χ1) is 13.4. The van der Waals surface area contributed by atoms with Gasteiger partial charge in [0.1, 0.15) is 5.82 Å². The average molecular weight is 393 g/mol. The lowest BCUT2D eigenvalue weighted by atomic mass is 10.1. The van der Waals surface area contributed by atoms with Crippen LogP contribution in [0.5, 0.6) is 0 Å². The highest BCUT2D eigenvalue weighted by atomic mass is 19.1. The molecular formula is C20H33FN6O. The topological polar surface area (TPSA) is 63.2 Å². The number of carbonyl (C=O) groups excluding carboxylic acids is 1. The van der Waals surface area contributed by atoms with Gasteiger partial charge in [-0.2, -0.15) is 0 Å². The number of hydrogen-bond acceptors (Lipinski definition) is 4. The summed E-state index contributed by atoms with van der Waals surface area (Å²) in [6.07, 6.45) is 0. The first-order valence-electron chi connectivity index (χ1n) is 9.92. The summed E-state index contributed by atoms with van der Waals surface area (Å²) in [7, 11) is 3.42. The van der Waals surface area contributed by atoms with Crippen molar-refractivity contribution in [3.8, 4) is 0 Å². The van der Waals surface area contributed by atoms with Crippen LogP contribution in [0.15, 0.2) is 23.2 Å². The molecule has 0 radical (unpaired) electrons. The van der Waals surface area contributed by atoms with Crippen molar-refractivity contribution in [1.29, 1.82) is 0 Å². The molecule has 0 aliphatic carbocycles. The number of aliphatic imine (C=N–C) groups is 1. The van der Waals surface area contributed by atoms with Crippen LogP contribution in [0.4, 0.5) is 10.1 Å². The fourth-order valence-electron chi connectivity index (χ4n) is 3.04. The third-order valence-corrected chi connectivity index (χ3v) is 4.84. The van der Waals surface area contributed by atoms with Gasteiger partial charge in [0.15, 0.2) is 5.96 Å². The lowest BCUT2D eigenvalue weighted by molar-refractivity contribution is -0.127. The zero-order valence-corrected chi connectivity index (χ0v) is 17.5. The second-order valence-electron chi connectivity index (χ2n) is 7.04. The van der Waals surface area contributed by atoms with E-state index in [1.165, 1.54) is 4.90 Å². The first-order valence-corrected chi connectivity index (χ1v) is 9.92. The van der Waals surface area contributed by atoms with Crippen molar-refractivity contribution < 1.29 is 9.18 Å². The summed E-state index contributed by atoms with van der Waals surface area (Å²) in [6, 6.07) is 5.32. The second kappa shape index (κ2) is 10.8. The van der Waals surface area contributed by atoms with E-state index in [1.54, 1.807) is 20.2 Å². The summed E-state index contributed by atoms with van der Waals surface area (Å²) in [5, 5.41) is 6.10. The predicted octanol–water partition coefficient (Wildman–Crippen LogP) is 1.11. The SMILES string of the molecule is CCNC(=NCc1ccc(N2CCN(CC)CC2)c(F)c1)NCC(=O)N(C)C. The number of anilines is 1. The maximum Gasteiger partial charge on any atom is 0.241 e. The number of benzene rings is 1. The smallest absolute Gasteiger partial charge is 0.241 e. The second-order valence-corrected chi connectivity index (χ2v) is 7.04. The predicted molar refractivity (Wildman–Crippen MR) is 112 cm³/mol. The van der Waals surface area contributed by atoms with E-state index < -0.39 is 0 Å². The number of piperazine rings is 1. The Balaban J connectivity index is 1.98. The van der Waals surface area contributed by atoms with Crippen LogP contribution in [-0.4, -0.2) is 81.6 Å². The Kier molecular flexibility index (Phi) is 8.50. The normalized spacial score (nSPS) is 15.5. The van der Waals surface area contributed by atoms with Crippen molar-refractivity contribution in [1.82, 2.24) is 20.4 Å². The third-order valence-electron chi connectivity index (χ3n) is 4.84. The standard InChI is InChI=1S/C20H33FN6O/c1-5-22-20(24-15-19(28)25(3)4)23-14-16-7-8-18(17(21)13-16)27-11-9-26(6-2)10-12-27/h7-8,13H,5-6,9-12,14-15H2,1-4H3,(H2,22,23,24). The maximum atomic E-state index is 14.6. The molecule has 1 heterocycles. The highest BCUT2D eigenvalue weighted by Crippen LogP contribution is 2.22. The number of guanidine groups is 1. The Hall–Kier alpha value is -2.35. The molecule has 1 saturated heterocycles. The molecule has 0 spiro atoms. The fraction of sp³-hybridized carbons (Fsp3) is 0.600. The summed E-state index contributed by atoms with van der Waals surface area (Å²) >= 11 is 0. The van der Waals surface area contributed by atoms with Gasteiger partial charge in [-0.15, -0.1) is 0 Å². The molecule has 0 bridgehead atoms. The summed E-state index contributed by atoms with van der Waals surface area (Å²) < 4.78 is 14.6. The van der Waals surface area contributed by atoms with Gasteiger partial charge in [-0.1, -0.05) is 13.0 Å². The van der Waals surface area contributed by atoms with Crippen LogP contribution in [-0.2, 0) is 11.3 Å². The Morgan fingerprint density at radius 3 is 2.46 bits per heavy atom. The molecule has 2 N–H and O–H groups in total. The minimum atomic E-state index is -0.210. The highest BCUT2D eigenvalue weighted by Gasteiger charge is 2.18.